The molecular weight excluding hydrogens is 245 g/mol. The van der Waals surface area contributed by atoms with E-state index in [9.17, 15) is 18.0 Å². The number of rotatable bonds is 3. The van der Waals surface area contributed by atoms with E-state index in [1.165, 1.54) is 6.07 Å². The molecule has 1 aromatic carbocycles. The van der Waals surface area contributed by atoms with Gasteiger partial charge >= 0.3 is 6.18 Å². The Balaban J connectivity index is 3.09. The van der Waals surface area contributed by atoms with Crippen LogP contribution in [-0.4, -0.2) is 5.91 Å². The average molecular weight is 260 g/mol. The maximum Gasteiger partial charge on any atom is 0.416 e. The van der Waals surface area contributed by atoms with E-state index in [2.05, 4.69) is 5.32 Å². The second-order valence-electron chi connectivity index (χ2n) is 4.26. The molecule has 0 heterocycles. The Bertz CT molecular complexity index is 441. The topological polar surface area (TPSA) is 55.1 Å². The van der Waals surface area contributed by atoms with E-state index in [-0.39, 0.29) is 24.1 Å². The normalized spacial score (nSPS) is 11.7. The Morgan fingerprint density at radius 3 is 2.39 bits per heavy atom. The summed E-state index contributed by atoms with van der Waals surface area (Å²) < 4.78 is 37.9. The summed E-state index contributed by atoms with van der Waals surface area (Å²) in [7, 11) is 0. The summed E-state index contributed by atoms with van der Waals surface area (Å²) in [5.74, 6) is -0.641. The van der Waals surface area contributed by atoms with E-state index in [0.717, 1.165) is 12.1 Å². The molecule has 0 saturated carbocycles. The molecule has 0 aromatic heterocycles. The lowest BCUT2D eigenvalue weighted by Crippen LogP contribution is -2.18. The molecule has 0 aliphatic carbocycles. The number of benzene rings is 1. The van der Waals surface area contributed by atoms with Gasteiger partial charge in [-0.15, -0.1) is 0 Å². The molecule has 100 valence electrons. The number of amides is 1. The minimum Gasteiger partial charge on any atom is -0.326 e. The molecule has 1 aromatic rings. The van der Waals surface area contributed by atoms with Crippen molar-refractivity contribution in [3.63, 3.8) is 0 Å². The maximum absolute atomic E-state index is 12.6. The molecular formula is C12H15F3N2O. The van der Waals surface area contributed by atoms with Gasteiger partial charge in [0.1, 0.15) is 0 Å². The van der Waals surface area contributed by atoms with Crippen LogP contribution in [0.1, 0.15) is 25.0 Å². The number of hydrogen-bond acceptors (Lipinski definition) is 2. The van der Waals surface area contributed by atoms with E-state index in [0.29, 0.717) is 5.56 Å². The van der Waals surface area contributed by atoms with Crippen molar-refractivity contribution in [3.05, 3.63) is 29.3 Å². The van der Waals surface area contributed by atoms with Crippen molar-refractivity contribution in [2.45, 2.75) is 26.6 Å². The van der Waals surface area contributed by atoms with Gasteiger partial charge in [0.15, 0.2) is 0 Å². The molecule has 0 unspecified atom stereocenters. The lowest BCUT2D eigenvalue weighted by molar-refractivity contribution is -0.137. The van der Waals surface area contributed by atoms with Crippen LogP contribution >= 0.6 is 0 Å². The molecule has 0 saturated heterocycles. The zero-order valence-corrected chi connectivity index (χ0v) is 10.1. The second kappa shape index (κ2) is 5.39. The van der Waals surface area contributed by atoms with Crippen LogP contribution in [0.4, 0.5) is 18.9 Å². The highest BCUT2D eigenvalue weighted by atomic mass is 19.4. The zero-order chi connectivity index (χ0) is 13.9. The van der Waals surface area contributed by atoms with Crippen LogP contribution in [0.25, 0.3) is 0 Å². The van der Waals surface area contributed by atoms with Gasteiger partial charge in [-0.3, -0.25) is 4.79 Å². The number of carbonyl (C=O) groups excluding carboxylic acids is 1. The van der Waals surface area contributed by atoms with Gasteiger partial charge in [0.25, 0.3) is 0 Å². The number of alkyl halides is 3. The predicted octanol–water partition coefficient (Wildman–Crippen LogP) is 2.76. The summed E-state index contributed by atoms with van der Waals surface area (Å²) in [6, 6.07) is 3.32. The molecule has 0 fully saturated rings. The number of anilines is 1. The molecule has 0 aliphatic heterocycles. The standard InChI is InChI=1S/C12H15F3N2O/c1-7(2)11(18)17-10-4-8(6-16)3-9(5-10)12(13,14)15/h3-5,7H,6,16H2,1-2H3,(H,17,18). The van der Waals surface area contributed by atoms with Crippen LogP contribution < -0.4 is 11.1 Å². The van der Waals surface area contributed by atoms with Crippen molar-refractivity contribution in [1.29, 1.82) is 0 Å². The lowest BCUT2D eigenvalue weighted by Gasteiger charge is -2.13. The quantitative estimate of drug-likeness (QED) is 0.878. The van der Waals surface area contributed by atoms with Gasteiger partial charge in [-0.2, -0.15) is 13.2 Å². The molecule has 3 nitrogen and oxygen atoms in total. The zero-order valence-electron chi connectivity index (χ0n) is 10.1. The highest BCUT2D eigenvalue weighted by Crippen LogP contribution is 2.32. The van der Waals surface area contributed by atoms with Crippen LogP contribution in [0.5, 0.6) is 0 Å². The largest absolute Gasteiger partial charge is 0.416 e. The first kappa shape index (κ1) is 14.5. The van der Waals surface area contributed by atoms with Gasteiger partial charge in [0.2, 0.25) is 5.91 Å². The first-order valence-corrected chi connectivity index (χ1v) is 5.46. The number of carbonyl (C=O) groups is 1. The number of halogens is 3. The summed E-state index contributed by atoms with van der Waals surface area (Å²) in [6.45, 7) is 3.30. The van der Waals surface area contributed by atoms with Crippen LogP contribution in [0.2, 0.25) is 0 Å². The van der Waals surface area contributed by atoms with E-state index >= 15 is 0 Å². The summed E-state index contributed by atoms with van der Waals surface area (Å²) in [5, 5.41) is 2.43. The molecule has 6 heteroatoms. The Labute approximate surface area is 103 Å². The fraction of sp³-hybridized carbons (Fsp3) is 0.417. The van der Waals surface area contributed by atoms with Gasteiger partial charge in [0.05, 0.1) is 5.56 Å². The van der Waals surface area contributed by atoms with Gasteiger partial charge in [-0.1, -0.05) is 13.8 Å². The third kappa shape index (κ3) is 3.73. The highest BCUT2D eigenvalue weighted by molar-refractivity contribution is 5.92. The molecule has 3 N–H and O–H groups in total. The number of nitrogens with two attached hydrogens (primary N) is 1. The molecule has 1 amide bonds. The fourth-order valence-corrected chi connectivity index (χ4v) is 1.33. The van der Waals surface area contributed by atoms with Crippen molar-refractivity contribution in [3.8, 4) is 0 Å². The van der Waals surface area contributed by atoms with Gasteiger partial charge in [-0.05, 0) is 23.8 Å². The van der Waals surface area contributed by atoms with Gasteiger partial charge in [-0.25, -0.2) is 0 Å². The Morgan fingerprint density at radius 1 is 1.33 bits per heavy atom. The molecule has 0 radical (unpaired) electrons. The molecule has 0 bridgehead atoms. The Hall–Kier alpha value is -1.56. The fourth-order valence-electron chi connectivity index (χ4n) is 1.33. The lowest BCUT2D eigenvalue weighted by atomic mass is 10.1. The third-order valence-electron chi connectivity index (χ3n) is 2.35. The SMILES string of the molecule is CC(C)C(=O)Nc1cc(CN)cc(C(F)(F)F)c1. The monoisotopic (exact) mass is 260 g/mol. The number of nitrogens with one attached hydrogen (secondary N) is 1. The molecule has 0 spiro atoms. The minimum atomic E-state index is -4.46. The molecule has 0 atom stereocenters. The van der Waals surface area contributed by atoms with Gasteiger partial charge in [0, 0.05) is 18.2 Å². The van der Waals surface area contributed by atoms with Crippen molar-refractivity contribution in [2.75, 3.05) is 5.32 Å². The van der Waals surface area contributed by atoms with Crippen LogP contribution in [0, 0.1) is 5.92 Å². The highest BCUT2D eigenvalue weighted by Gasteiger charge is 2.31. The third-order valence-corrected chi connectivity index (χ3v) is 2.35. The van der Waals surface area contributed by atoms with Crippen LogP contribution in [-0.2, 0) is 17.5 Å². The van der Waals surface area contributed by atoms with Crippen molar-refractivity contribution < 1.29 is 18.0 Å². The van der Waals surface area contributed by atoms with Crippen molar-refractivity contribution in [1.82, 2.24) is 0 Å². The van der Waals surface area contributed by atoms with E-state index in [4.69, 9.17) is 5.73 Å². The first-order chi connectivity index (χ1) is 8.24. The van der Waals surface area contributed by atoms with Crippen molar-refractivity contribution >= 4 is 11.6 Å². The van der Waals surface area contributed by atoms with Crippen molar-refractivity contribution in [2.24, 2.45) is 11.7 Å². The summed E-state index contributed by atoms with van der Waals surface area (Å²) >= 11 is 0. The smallest absolute Gasteiger partial charge is 0.326 e. The Kier molecular flexibility index (Phi) is 4.34. The summed E-state index contributed by atoms with van der Waals surface area (Å²) in [6.07, 6.45) is -4.46. The number of hydrogen-bond donors (Lipinski definition) is 2. The summed E-state index contributed by atoms with van der Waals surface area (Å²) in [4.78, 5) is 11.4. The predicted molar refractivity (Wildman–Crippen MR) is 62.8 cm³/mol. The minimum absolute atomic E-state index is 0.0194. The first-order valence-electron chi connectivity index (χ1n) is 5.46. The maximum atomic E-state index is 12.6. The molecule has 0 aliphatic rings. The Morgan fingerprint density at radius 2 is 1.94 bits per heavy atom. The second-order valence-corrected chi connectivity index (χ2v) is 4.26. The molecule has 18 heavy (non-hydrogen) atoms. The van der Waals surface area contributed by atoms with Crippen LogP contribution in [0.3, 0.4) is 0 Å². The molecule has 1 rings (SSSR count). The van der Waals surface area contributed by atoms with Gasteiger partial charge < -0.3 is 11.1 Å². The summed E-state index contributed by atoms with van der Waals surface area (Å²) in [5.41, 5.74) is 4.96. The van der Waals surface area contributed by atoms with Crippen LogP contribution in [0.15, 0.2) is 18.2 Å². The van der Waals surface area contributed by atoms with E-state index < -0.39 is 11.7 Å². The van der Waals surface area contributed by atoms with E-state index in [1.807, 2.05) is 0 Å². The van der Waals surface area contributed by atoms with E-state index in [1.54, 1.807) is 13.8 Å². The average Bonchev–Trinajstić information content (AvgIpc) is 2.27.